The molecule has 0 amide bonds. The Hall–Kier alpha value is 0.440. The second-order valence-electron chi connectivity index (χ2n) is 5.23. The number of halogens is 1. The van der Waals surface area contributed by atoms with Gasteiger partial charge in [-0.25, -0.2) is 0 Å². The van der Waals surface area contributed by atoms with Crippen LogP contribution in [-0.2, 0) is 0 Å². The lowest BCUT2D eigenvalue weighted by Crippen LogP contribution is -2.34. The Balaban J connectivity index is 2.32. The van der Waals surface area contributed by atoms with Crippen LogP contribution in [-0.4, -0.2) is 29.9 Å². The van der Waals surface area contributed by atoms with Crippen molar-refractivity contribution in [1.82, 2.24) is 4.90 Å². The van der Waals surface area contributed by atoms with Crippen molar-refractivity contribution in [3.05, 3.63) is 0 Å². The minimum atomic E-state index is 0.801. The number of hydrogen-bond donors (Lipinski definition) is 0. The molecule has 1 unspecified atom stereocenters. The first-order valence-electron chi connectivity index (χ1n) is 6.52. The number of alkyl halides is 1. The summed E-state index contributed by atoms with van der Waals surface area (Å²) in [5, 5.41) is 1.15. The zero-order valence-corrected chi connectivity index (χ0v) is 11.9. The summed E-state index contributed by atoms with van der Waals surface area (Å²) in [7, 11) is 0. The highest BCUT2D eigenvalue weighted by atomic mass is 79.9. The van der Waals surface area contributed by atoms with Gasteiger partial charge in [0.05, 0.1) is 0 Å². The fourth-order valence-electron chi connectivity index (χ4n) is 2.26. The number of rotatable bonds is 4. The smallest absolute Gasteiger partial charge is 0.00743 e. The van der Waals surface area contributed by atoms with Crippen molar-refractivity contribution >= 4 is 15.9 Å². The van der Waals surface area contributed by atoms with Crippen LogP contribution >= 0.6 is 15.9 Å². The third-order valence-electron chi connectivity index (χ3n) is 3.58. The van der Waals surface area contributed by atoms with Crippen LogP contribution in [0.1, 0.15) is 46.0 Å². The van der Waals surface area contributed by atoms with Gasteiger partial charge in [0.25, 0.3) is 0 Å². The minimum absolute atomic E-state index is 0.801. The van der Waals surface area contributed by atoms with E-state index in [0.717, 1.165) is 17.2 Å². The van der Waals surface area contributed by atoms with Gasteiger partial charge in [0.1, 0.15) is 0 Å². The van der Waals surface area contributed by atoms with Gasteiger partial charge >= 0.3 is 0 Å². The maximum absolute atomic E-state index is 3.65. The second kappa shape index (κ2) is 7.67. The summed E-state index contributed by atoms with van der Waals surface area (Å²) < 4.78 is 0. The highest BCUT2D eigenvalue weighted by Gasteiger charge is 2.16. The maximum atomic E-state index is 3.65. The van der Waals surface area contributed by atoms with Crippen LogP contribution in [0.4, 0.5) is 0 Å². The molecule has 1 rings (SSSR count). The van der Waals surface area contributed by atoms with E-state index in [1.165, 1.54) is 51.7 Å². The molecule has 0 spiro atoms. The fraction of sp³-hybridized carbons (Fsp3) is 1.00. The van der Waals surface area contributed by atoms with Crippen molar-refractivity contribution in [2.75, 3.05) is 25.0 Å². The highest BCUT2D eigenvalue weighted by Crippen LogP contribution is 2.18. The summed E-state index contributed by atoms with van der Waals surface area (Å²) >= 11 is 3.65. The zero-order chi connectivity index (χ0) is 11.1. The topological polar surface area (TPSA) is 3.24 Å². The van der Waals surface area contributed by atoms with Crippen LogP contribution in [0.2, 0.25) is 0 Å². The Morgan fingerprint density at radius 1 is 1.00 bits per heavy atom. The molecule has 90 valence electrons. The van der Waals surface area contributed by atoms with Crippen LogP contribution in [0.25, 0.3) is 0 Å². The van der Waals surface area contributed by atoms with Gasteiger partial charge in [0.2, 0.25) is 0 Å². The highest BCUT2D eigenvalue weighted by molar-refractivity contribution is 9.09. The van der Waals surface area contributed by atoms with E-state index in [4.69, 9.17) is 0 Å². The monoisotopic (exact) mass is 275 g/mol. The molecular formula is C13H26BrN. The molecule has 1 heterocycles. The Morgan fingerprint density at radius 2 is 1.53 bits per heavy atom. The van der Waals surface area contributed by atoms with Crippen molar-refractivity contribution < 1.29 is 0 Å². The van der Waals surface area contributed by atoms with E-state index in [1.54, 1.807) is 0 Å². The molecule has 0 saturated carbocycles. The first-order valence-corrected chi connectivity index (χ1v) is 7.64. The number of hydrogen-bond acceptors (Lipinski definition) is 1. The Morgan fingerprint density at radius 3 is 2.00 bits per heavy atom. The quantitative estimate of drug-likeness (QED) is 0.703. The van der Waals surface area contributed by atoms with Gasteiger partial charge in [-0.2, -0.15) is 0 Å². The first kappa shape index (κ1) is 13.5. The predicted molar refractivity (Wildman–Crippen MR) is 71.6 cm³/mol. The molecule has 1 aliphatic heterocycles. The molecule has 0 aromatic carbocycles. The number of likely N-dealkylation sites (tertiary alicyclic amines) is 1. The summed E-state index contributed by atoms with van der Waals surface area (Å²) in [6.07, 6.45) is 7.16. The van der Waals surface area contributed by atoms with E-state index in [9.17, 15) is 0 Å². The molecule has 0 radical (unpaired) electrons. The standard InChI is InChI=1S/C13H26BrN/c1-12(2)13(10-14)11-15-8-6-4-3-5-7-9-15/h12-13H,3-11H2,1-2H3. The molecule has 2 heteroatoms. The Bertz CT molecular complexity index is 151. The molecule has 1 fully saturated rings. The molecule has 1 atom stereocenters. The lowest BCUT2D eigenvalue weighted by atomic mass is 9.97. The van der Waals surface area contributed by atoms with Crippen LogP contribution in [0.5, 0.6) is 0 Å². The van der Waals surface area contributed by atoms with Gasteiger partial charge < -0.3 is 4.90 Å². The van der Waals surface area contributed by atoms with Gasteiger partial charge in [-0.3, -0.25) is 0 Å². The third-order valence-corrected chi connectivity index (χ3v) is 4.41. The zero-order valence-electron chi connectivity index (χ0n) is 10.3. The maximum Gasteiger partial charge on any atom is 0.00743 e. The van der Waals surface area contributed by atoms with Crippen LogP contribution < -0.4 is 0 Å². The van der Waals surface area contributed by atoms with E-state index in [-0.39, 0.29) is 0 Å². The van der Waals surface area contributed by atoms with Crippen LogP contribution in [0.15, 0.2) is 0 Å². The average molecular weight is 276 g/mol. The van der Waals surface area contributed by atoms with Gasteiger partial charge in [0.15, 0.2) is 0 Å². The predicted octanol–water partition coefficient (Wildman–Crippen LogP) is 3.92. The van der Waals surface area contributed by atoms with Crippen LogP contribution in [0, 0.1) is 11.8 Å². The summed E-state index contributed by atoms with van der Waals surface area (Å²) in [4.78, 5) is 2.69. The van der Waals surface area contributed by atoms with Crippen LogP contribution in [0.3, 0.4) is 0 Å². The molecule has 0 bridgehead atoms. The number of nitrogens with zero attached hydrogens (tertiary/aromatic N) is 1. The lowest BCUT2D eigenvalue weighted by molar-refractivity contribution is 0.198. The lowest BCUT2D eigenvalue weighted by Gasteiger charge is -2.29. The summed E-state index contributed by atoms with van der Waals surface area (Å²) in [6, 6.07) is 0. The molecule has 0 aromatic rings. The first-order chi connectivity index (χ1) is 7.24. The normalized spacial score (nSPS) is 22.4. The summed E-state index contributed by atoms with van der Waals surface area (Å²) in [6.45, 7) is 8.64. The largest absolute Gasteiger partial charge is 0.303 e. The second-order valence-corrected chi connectivity index (χ2v) is 5.87. The summed E-state index contributed by atoms with van der Waals surface area (Å²) in [5.41, 5.74) is 0. The van der Waals surface area contributed by atoms with E-state index >= 15 is 0 Å². The van der Waals surface area contributed by atoms with E-state index in [0.29, 0.717) is 0 Å². The molecule has 0 aliphatic carbocycles. The Kier molecular flexibility index (Phi) is 6.91. The van der Waals surface area contributed by atoms with Gasteiger partial charge in [0, 0.05) is 11.9 Å². The molecule has 1 nitrogen and oxygen atoms in total. The van der Waals surface area contributed by atoms with Crippen molar-refractivity contribution in [1.29, 1.82) is 0 Å². The van der Waals surface area contributed by atoms with Crippen molar-refractivity contribution in [2.45, 2.75) is 46.0 Å². The summed E-state index contributed by atoms with van der Waals surface area (Å²) in [5.74, 6) is 1.62. The molecular weight excluding hydrogens is 250 g/mol. The average Bonchev–Trinajstić information content (AvgIpc) is 2.15. The Labute approximate surface area is 104 Å². The van der Waals surface area contributed by atoms with Gasteiger partial charge in [-0.05, 0) is 37.8 Å². The minimum Gasteiger partial charge on any atom is -0.303 e. The van der Waals surface area contributed by atoms with E-state index in [1.807, 2.05) is 0 Å². The molecule has 15 heavy (non-hydrogen) atoms. The van der Waals surface area contributed by atoms with E-state index in [2.05, 4.69) is 34.7 Å². The third kappa shape index (κ3) is 5.35. The molecule has 1 saturated heterocycles. The molecule has 0 aromatic heterocycles. The molecule has 0 N–H and O–H groups in total. The van der Waals surface area contributed by atoms with Gasteiger partial charge in [-0.1, -0.05) is 49.0 Å². The van der Waals surface area contributed by atoms with Crippen molar-refractivity contribution in [3.8, 4) is 0 Å². The van der Waals surface area contributed by atoms with Crippen molar-refractivity contribution in [3.63, 3.8) is 0 Å². The fourth-order valence-corrected chi connectivity index (χ4v) is 3.22. The van der Waals surface area contributed by atoms with Crippen molar-refractivity contribution in [2.24, 2.45) is 11.8 Å². The van der Waals surface area contributed by atoms with Gasteiger partial charge in [-0.15, -0.1) is 0 Å². The van der Waals surface area contributed by atoms with E-state index < -0.39 is 0 Å². The SMILES string of the molecule is CC(C)C(CBr)CN1CCCCCCC1. The molecule has 1 aliphatic rings.